The van der Waals surface area contributed by atoms with E-state index in [0.717, 1.165) is 24.3 Å². The molecule has 2 aromatic heterocycles. The molecule has 3 aromatic rings. The van der Waals surface area contributed by atoms with Crippen molar-refractivity contribution in [3.63, 3.8) is 0 Å². The number of aliphatic hydroxyl groups excluding tert-OH is 1. The molecule has 2 heterocycles. The van der Waals surface area contributed by atoms with Crippen molar-refractivity contribution < 1.29 is 24.2 Å². The highest BCUT2D eigenvalue weighted by atomic mass is 32.1. The molecule has 1 aromatic carbocycles. The molecule has 0 saturated heterocycles. The number of benzene rings is 1. The van der Waals surface area contributed by atoms with Crippen LogP contribution in [0.3, 0.4) is 0 Å². The number of rotatable bonds is 11. The Labute approximate surface area is 243 Å². The quantitative estimate of drug-likeness (QED) is 0.206. The minimum atomic E-state index is -0.709. The van der Waals surface area contributed by atoms with Gasteiger partial charge in [-0.15, -0.1) is 11.3 Å². The molecule has 0 aliphatic heterocycles. The number of hydrogen-bond donors (Lipinski definition) is 3. The number of unbranched alkanes of at least 4 members (excludes halogenated alkanes) is 2. The van der Waals surface area contributed by atoms with Crippen LogP contribution in [0.2, 0.25) is 0 Å². The van der Waals surface area contributed by atoms with Gasteiger partial charge in [0.25, 0.3) is 11.8 Å². The molecule has 3 rings (SSSR count). The number of nitrogens with one attached hydrogen (secondary N) is 1. The number of anilines is 1. The van der Waals surface area contributed by atoms with Gasteiger partial charge in [0, 0.05) is 6.07 Å². The number of aliphatic hydroxyl groups is 1. The maximum absolute atomic E-state index is 12.9. The van der Waals surface area contributed by atoms with Gasteiger partial charge in [-0.25, -0.2) is 9.97 Å². The molecule has 4 N–H and O–H groups in total. The highest BCUT2D eigenvalue weighted by molar-refractivity contribution is 7.19. The summed E-state index contributed by atoms with van der Waals surface area (Å²) >= 11 is 1.38. The summed E-state index contributed by atoms with van der Waals surface area (Å²) in [4.78, 5) is 33.0. The fourth-order valence-electron chi connectivity index (χ4n) is 3.61. The molecule has 0 aliphatic rings. The van der Waals surface area contributed by atoms with Crippen LogP contribution >= 0.6 is 11.3 Å². The molecule has 1 unspecified atom stereocenters. The smallest absolute Gasteiger partial charge is 0.261 e. The van der Waals surface area contributed by atoms with Crippen molar-refractivity contribution in [2.45, 2.75) is 93.1 Å². The van der Waals surface area contributed by atoms with E-state index in [-0.39, 0.29) is 23.2 Å². The SMILES string of the molecule is CC.CC.CCCCCC(O)CCC.COc1cc(C(N)=O)c(NC(=O)c2c(OC)ccc3nc(C)sc23)cn1. The van der Waals surface area contributed by atoms with Crippen LogP contribution in [0.15, 0.2) is 24.4 Å². The van der Waals surface area contributed by atoms with E-state index < -0.39 is 11.8 Å². The number of nitrogens with zero attached hydrogens (tertiary/aromatic N) is 2. The van der Waals surface area contributed by atoms with E-state index in [1.807, 2.05) is 34.6 Å². The van der Waals surface area contributed by atoms with E-state index in [4.69, 9.17) is 15.2 Å². The molecular weight excluding hydrogens is 528 g/mol. The van der Waals surface area contributed by atoms with Crippen molar-refractivity contribution in [3.05, 3.63) is 40.5 Å². The van der Waals surface area contributed by atoms with E-state index in [0.29, 0.717) is 21.5 Å². The summed E-state index contributed by atoms with van der Waals surface area (Å²) in [6.45, 7) is 14.2. The molecule has 0 radical (unpaired) electrons. The standard InChI is InChI=1S/C17H16N4O4S.C9H20O.2C2H6/c1-8-20-10-4-5-12(24-2)14(15(10)26-8)17(23)21-11-7-19-13(25-3)6-9(11)16(18)22;1-3-5-6-8-9(10)7-4-2;2*1-2/h4-7H,1-3H3,(H2,18,22)(H,21,23);9-10H,3-8H2,1-2H3;2*1-2H3. The zero-order valence-corrected chi connectivity index (χ0v) is 26.4. The minimum Gasteiger partial charge on any atom is -0.496 e. The van der Waals surface area contributed by atoms with E-state index in [1.54, 1.807) is 12.1 Å². The van der Waals surface area contributed by atoms with Crippen molar-refractivity contribution in [1.82, 2.24) is 9.97 Å². The average Bonchev–Trinajstić information content (AvgIpc) is 3.35. The van der Waals surface area contributed by atoms with Crippen molar-refractivity contribution in [2.24, 2.45) is 5.73 Å². The van der Waals surface area contributed by atoms with Gasteiger partial charge in [0.05, 0.1) is 53.0 Å². The molecule has 1 atom stereocenters. The van der Waals surface area contributed by atoms with E-state index in [1.165, 1.54) is 57.1 Å². The first-order valence-electron chi connectivity index (χ1n) is 14.0. The molecule has 0 bridgehead atoms. The lowest BCUT2D eigenvalue weighted by atomic mass is 10.1. The molecule has 224 valence electrons. The largest absolute Gasteiger partial charge is 0.496 e. The number of amides is 2. The maximum atomic E-state index is 12.9. The third kappa shape index (κ3) is 11.5. The molecule has 2 amide bonds. The normalized spacial score (nSPS) is 10.6. The predicted molar refractivity (Wildman–Crippen MR) is 166 cm³/mol. The second-order valence-electron chi connectivity index (χ2n) is 8.25. The summed E-state index contributed by atoms with van der Waals surface area (Å²) < 4.78 is 11.0. The highest BCUT2D eigenvalue weighted by Crippen LogP contribution is 2.33. The number of ether oxygens (including phenoxy) is 2. The summed E-state index contributed by atoms with van der Waals surface area (Å²) in [6.07, 6.45) is 8.08. The van der Waals surface area contributed by atoms with E-state index in [9.17, 15) is 14.7 Å². The van der Waals surface area contributed by atoms with Crippen LogP contribution in [0.4, 0.5) is 5.69 Å². The minimum absolute atomic E-state index is 0.0310. The van der Waals surface area contributed by atoms with Gasteiger partial charge in [0.2, 0.25) is 5.88 Å². The number of methoxy groups -OCH3 is 2. The number of carbonyl (C=O) groups excluding carboxylic acids is 2. The number of aromatic nitrogens is 2. The summed E-state index contributed by atoms with van der Waals surface area (Å²) in [5.74, 6) is -0.541. The van der Waals surface area contributed by atoms with Crippen LogP contribution in [0.25, 0.3) is 10.2 Å². The van der Waals surface area contributed by atoms with Crippen LogP contribution in [-0.2, 0) is 0 Å². The Hall–Kier alpha value is -3.24. The lowest BCUT2D eigenvalue weighted by Crippen LogP contribution is -2.19. The summed E-state index contributed by atoms with van der Waals surface area (Å²) in [5, 5.41) is 12.8. The summed E-state index contributed by atoms with van der Waals surface area (Å²) in [7, 11) is 2.90. The second kappa shape index (κ2) is 20.6. The van der Waals surface area contributed by atoms with E-state index in [2.05, 4.69) is 29.1 Å². The van der Waals surface area contributed by atoms with Crippen LogP contribution in [0.5, 0.6) is 11.6 Å². The number of thiazole rings is 1. The third-order valence-electron chi connectivity index (χ3n) is 5.44. The van der Waals surface area contributed by atoms with Gasteiger partial charge in [0.15, 0.2) is 0 Å². The van der Waals surface area contributed by atoms with Crippen LogP contribution in [0, 0.1) is 6.92 Å². The second-order valence-corrected chi connectivity index (χ2v) is 9.46. The Balaban J connectivity index is 0.000000918. The fourth-order valence-corrected chi connectivity index (χ4v) is 4.57. The Morgan fingerprint density at radius 1 is 1.05 bits per heavy atom. The highest BCUT2D eigenvalue weighted by Gasteiger charge is 2.21. The van der Waals surface area contributed by atoms with Crippen molar-refractivity contribution in [1.29, 1.82) is 0 Å². The van der Waals surface area contributed by atoms with Gasteiger partial charge in [-0.05, 0) is 31.9 Å². The molecule has 10 heteroatoms. The van der Waals surface area contributed by atoms with Gasteiger partial charge in [0.1, 0.15) is 11.3 Å². The number of aryl methyl sites for hydroxylation is 1. The van der Waals surface area contributed by atoms with Crippen molar-refractivity contribution >= 4 is 39.1 Å². The molecule has 0 fully saturated rings. The Morgan fingerprint density at radius 3 is 2.27 bits per heavy atom. The molecule has 40 heavy (non-hydrogen) atoms. The molecule has 9 nitrogen and oxygen atoms in total. The monoisotopic (exact) mass is 576 g/mol. The van der Waals surface area contributed by atoms with Gasteiger partial charge in [-0.1, -0.05) is 67.2 Å². The lowest BCUT2D eigenvalue weighted by Gasteiger charge is -2.12. The van der Waals surface area contributed by atoms with Crippen LogP contribution in [-0.4, -0.2) is 47.2 Å². The Morgan fingerprint density at radius 2 is 1.73 bits per heavy atom. The summed E-state index contributed by atoms with van der Waals surface area (Å²) in [5.41, 5.74) is 6.71. The number of primary amides is 1. The maximum Gasteiger partial charge on any atom is 0.261 e. The Kier molecular flexibility index (Phi) is 19.0. The number of nitrogens with two attached hydrogens (primary N) is 1. The third-order valence-corrected chi connectivity index (χ3v) is 6.44. The molecular formula is C30H48N4O5S. The zero-order valence-electron chi connectivity index (χ0n) is 25.6. The fraction of sp³-hybridized carbons (Fsp3) is 0.533. The topological polar surface area (TPSA) is 137 Å². The lowest BCUT2D eigenvalue weighted by molar-refractivity contribution is 0.100. The predicted octanol–water partition coefficient (Wildman–Crippen LogP) is 7.15. The van der Waals surface area contributed by atoms with Gasteiger partial charge in [-0.2, -0.15) is 0 Å². The molecule has 0 saturated carbocycles. The zero-order chi connectivity index (χ0) is 30.7. The first-order valence-corrected chi connectivity index (χ1v) is 14.8. The average molecular weight is 577 g/mol. The van der Waals surface area contributed by atoms with Crippen molar-refractivity contribution in [2.75, 3.05) is 19.5 Å². The molecule has 0 spiro atoms. The first-order chi connectivity index (χ1) is 19.2. The Bertz CT molecular complexity index is 1170. The van der Waals surface area contributed by atoms with Gasteiger partial charge in [-0.3, -0.25) is 9.59 Å². The number of hydrogen-bond acceptors (Lipinski definition) is 8. The molecule has 0 aliphatic carbocycles. The number of carbonyl (C=O) groups is 2. The van der Waals surface area contributed by atoms with Crippen LogP contribution < -0.4 is 20.5 Å². The number of pyridine rings is 1. The first kappa shape index (κ1) is 36.8. The summed E-state index contributed by atoms with van der Waals surface area (Å²) in [6, 6.07) is 4.84. The number of fused-ring (bicyclic) bond motifs is 1. The van der Waals surface area contributed by atoms with Crippen molar-refractivity contribution in [3.8, 4) is 11.6 Å². The van der Waals surface area contributed by atoms with E-state index >= 15 is 0 Å². The van der Waals surface area contributed by atoms with Gasteiger partial charge >= 0.3 is 0 Å². The van der Waals surface area contributed by atoms with Gasteiger partial charge < -0.3 is 25.6 Å². The van der Waals surface area contributed by atoms with Crippen LogP contribution in [0.1, 0.15) is 106 Å².